The van der Waals surface area contributed by atoms with E-state index in [1.54, 1.807) is 0 Å². The average Bonchev–Trinajstić information content (AvgIpc) is 2.85. The molecule has 1 heteroatoms. The molecule has 0 heterocycles. The van der Waals surface area contributed by atoms with Crippen molar-refractivity contribution in [2.75, 3.05) is 6.61 Å². The van der Waals surface area contributed by atoms with Crippen LogP contribution in [-0.4, -0.2) is 6.61 Å². The van der Waals surface area contributed by atoms with Gasteiger partial charge in [0.2, 0.25) is 0 Å². The minimum Gasteiger partial charge on any atom is -0.494 e. The Bertz CT molecular complexity index is 750. The van der Waals surface area contributed by atoms with Gasteiger partial charge in [0, 0.05) is 0 Å². The molecule has 0 aliphatic heterocycles. The van der Waals surface area contributed by atoms with Crippen molar-refractivity contribution in [1.29, 1.82) is 0 Å². The Morgan fingerprint density at radius 3 is 1.91 bits per heavy atom. The van der Waals surface area contributed by atoms with Crippen LogP contribution in [0.2, 0.25) is 0 Å². The molecule has 0 radical (unpaired) electrons. The van der Waals surface area contributed by atoms with Crippen LogP contribution in [0.5, 0.6) is 5.75 Å². The molecule has 1 fully saturated rings. The minimum atomic E-state index is 0.761. The molecule has 0 bridgehead atoms. The molecule has 0 saturated heterocycles. The molecule has 0 unspecified atom stereocenters. The van der Waals surface area contributed by atoms with E-state index < -0.39 is 0 Å². The van der Waals surface area contributed by atoms with Crippen LogP contribution in [0.25, 0.3) is 11.1 Å². The molecule has 33 heavy (non-hydrogen) atoms. The van der Waals surface area contributed by atoms with Gasteiger partial charge in [-0.2, -0.15) is 0 Å². The number of unbranched alkanes of at least 4 members (excludes halogenated alkanes) is 6. The molecule has 2 aromatic rings. The van der Waals surface area contributed by atoms with E-state index in [4.69, 9.17) is 4.74 Å². The Morgan fingerprint density at radius 2 is 1.30 bits per heavy atom. The molecule has 0 aromatic heterocycles. The molecule has 0 atom stereocenters. The summed E-state index contributed by atoms with van der Waals surface area (Å²) in [5, 5.41) is 0. The molecular formula is C32H48O. The highest BCUT2D eigenvalue weighted by molar-refractivity contribution is 5.64. The standard InChI is InChI=1S/C32H48O/c1-4-5-6-7-8-9-10-25-33-32-23-21-31(22-24-32)30-19-17-29(18-20-30)28-15-13-27(14-16-28)12-11-26(2)3/h17-24,26-28H,4-16,25H2,1-3H3. The number of hydrogen-bond donors (Lipinski definition) is 0. The normalized spacial score (nSPS) is 18.5. The summed E-state index contributed by atoms with van der Waals surface area (Å²) in [5.74, 6) is 3.57. The van der Waals surface area contributed by atoms with Gasteiger partial charge >= 0.3 is 0 Å². The Kier molecular flexibility index (Phi) is 11.4. The predicted octanol–water partition coefficient (Wildman–Crippen LogP) is 10.2. The largest absolute Gasteiger partial charge is 0.494 e. The van der Waals surface area contributed by atoms with Gasteiger partial charge in [0.05, 0.1) is 6.61 Å². The van der Waals surface area contributed by atoms with Gasteiger partial charge in [0.25, 0.3) is 0 Å². The Labute approximate surface area is 204 Å². The SMILES string of the molecule is CCCCCCCCCOc1ccc(-c2ccc(C3CCC(CCC(C)C)CC3)cc2)cc1. The van der Waals surface area contributed by atoms with E-state index in [1.807, 2.05) is 0 Å². The summed E-state index contributed by atoms with van der Waals surface area (Å²) in [6.45, 7) is 7.81. The maximum atomic E-state index is 5.96. The molecule has 1 aliphatic carbocycles. The van der Waals surface area contributed by atoms with Gasteiger partial charge < -0.3 is 4.74 Å². The summed E-state index contributed by atoms with van der Waals surface area (Å²) < 4.78 is 5.96. The van der Waals surface area contributed by atoms with Crippen molar-refractivity contribution >= 4 is 0 Å². The summed E-state index contributed by atoms with van der Waals surface area (Å²) in [6.07, 6.45) is 17.7. The fourth-order valence-electron chi connectivity index (χ4n) is 5.29. The smallest absolute Gasteiger partial charge is 0.119 e. The summed E-state index contributed by atoms with van der Waals surface area (Å²) in [4.78, 5) is 0. The van der Waals surface area contributed by atoms with Gasteiger partial charge in [0.15, 0.2) is 0 Å². The van der Waals surface area contributed by atoms with Crippen LogP contribution in [0.1, 0.15) is 116 Å². The molecule has 1 aliphatic rings. The molecule has 0 N–H and O–H groups in total. The fraction of sp³-hybridized carbons (Fsp3) is 0.625. The van der Waals surface area contributed by atoms with Crippen LogP contribution in [-0.2, 0) is 0 Å². The second kappa shape index (κ2) is 14.5. The summed E-state index contributed by atoms with van der Waals surface area (Å²) in [5.41, 5.74) is 4.13. The van der Waals surface area contributed by atoms with Crippen LogP contribution in [0.4, 0.5) is 0 Å². The molecule has 3 rings (SSSR count). The first kappa shape index (κ1) is 25.9. The van der Waals surface area contributed by atoms with Gasteiger partial charge in [0.1, 0.15) is 5.75 Å². The monoisotopic (exact) mass is 448 g/mol. The van der Waals surface area contributed by atoms with E-state index >= 15 is 0 Å². The van der Waals surface area contributed by atoms with E-state index in [0.29, 0.717) is 0 Å². The van der Waals surface area contributed by atoms with E-state index in [2.05, 4.69) is 69.3 Å². The quantitative estimate of drug-likeness (QED) is 0.261. The second-order valence-corrected chi connectivity index (χ2v) is 10.8. The highest BCUT2D eigenvalue weighted by Crippen LogP contribution is 2.38. The average molecular weight is 449 g/mol. The first-order valence-corrected chi connectivity index (χ1v) is 14.0. The van der Waals surface area contributed by atoms with Crippen molar-refractivity contribution in [3.63, 3.8) is 0 Å². The van der Waals surface area contributed by atoms with Crippen molar-refractivity contribution in [2.45, 2.75) is 110 Å². The van der Waals surface area contributed by atoms with Crippen LogP contribution in [0, 0.1) is 11.8 Å². The lowest BCUT2D eigenvalue weighted by Crippen LogP contribution is -2.14. The fourth-order valence-corrected chi connectivity index (χ4v) is 5.29. The molecule has 182 valence electrons. The molecule has 0 spiro atoms. The third kappa shape index (κ3) is 9.19. The Morgan fingerprint density at radius 1 is 0.727 bits per heavy atom. The van der Waals surface area contributed by atoms with E-state index in [0.717, 1.165) is 36.5 Å². The van der Waals surface area contributed by atoms with E-state index in [9.17, 15) is 0 Å². The van der Waals surface area contributed by atoms with Gasteiger partial charge in [-0.3, -0.25) is 0 Å². The molecule has 1 saturated carbocycles. The highest BCUT2D eigenvalue weighted by atomic mass is 16.5. The summed E-state index contributed by atoms with van der Waals surface area (Å²) in [6, 6.07) is 18.0. The molecule has 0 amide bonds. The Hall–Kier alpha value is -1.76. The summed E-state index contributed by atoms with van der Waals surface area (Å²) >= 11 is 0. The zero-order valence-electron chi connectivity index (χ0n) is 21.7. The number of hydrogen-bond acceptors (Lipinski definition) is 1. The van der Waals surface area contributed by atoms with Crippen molar-refractivity contribution in [3.8, 4) is 16.9 Å². The summed E-state index contributed by atoms with van der Waals surface area (Å²) in [7, 11) is 0. The zero-order valence-corrected chi connectivity index (χ0v) is 21.7. The second-order valence-electron chi connectivity index (χ2n) is 10.8. The van der Waals surface area contributed by atoms with Gasteiger partial charge in [-0.1, -0.05) is 109 Å². The van der Waals surface area contributed by atoms with Crippen LogP contribution < -0.4 is 4.74 Å². The third-order valence-electron chi connectivity index (χ3n) is 7.59. The highest BCUT2D eigenvalue weighted by Gasteiger charge is 2.22. The number of ether oxygens (including phenoxy) is 1. The van der Waals surface area contributed by atoms with Crippen molar-refractivity contribution in [3.05, 3.63) is 54.1 Å². The lowest BCUT2D eigenvalue weighted by atomic mass is 9.76. The lowest BCUT2D eigenvalue weighted by molar-refractivity contribution is 0.293. The predicted molar refractivity (Wildman–Crippen MR) is 144 cm³/mol. The van der Waals surface area contributed by atoms with Gasteiger partial charge in [-0.15, -0.1) is 0 Å². The van der Waals surface area contributed by atoms with Crippen LogP contribution in [0.3, 0.4) is 0 Å². The molecule has 2 aromatic carbocycles. The minimum absolute atomic E-state index is 0.761. The van der Waals surface area contributed by atoms with Crippen LogP contribution >= 0.6 is 0 Å². The van der Waals surface area contributed by atoms with E-state index in [-0.39, 0.29) is 0 Å². The third-order valence-corrected chi connectivity index (χ3v) is 7.59. The maximum Gasteiger partial charge on any atom is 0.119 e. The van der Waals surface area contributed by atoms with Crippen molar-refractivity contribution < 1.29 is 4.74 Å². The maximum absolute atomic E-state index is 5.96. The number of benzene rings is 2. The van der Waals surface area contributed by atoms with Gasteiger partial charge in [-0.25, -0.2) is 0 Å². The number of rotatable bonds is 14. The zero-order chi connectivity index (χ0) is 23.3. The molecular weight excluding hydrogens is 400 g/mol. The Balaban J connectivity index is 1.39. The van der Waals surface area contributed by atoms with Crippen molar-refractivity contribution in [1.82, 2.24) is 0 Å². The first-order chi connectivity index (χ1) is 16.2. The van der Waals surface area contributed by atoms with Crippen LogP contribution in [0.15, 0.2) is 48.5 Å². The lowest BCUT2D eigenvalue weighted by Gasteiger charge is -2.29. The van der Waals surface area contributed by atoms with E-state index in [1.165, 1.54) is 93.7 Å². The topological polar surface area (TPSA) is 9.23 Å². The first-order valence-electron chi connectivity index (χ1n) is 14.0. The molecule has 1 nitrogen and oxygen atoms in total. The van der Waals surface area contributed by atoms with Crippen molar-refractivity contribution in [2.24, 2.45) is 11.8 Å². The van der Waals surface area contributed by atoms with Gasteiger partial charge in [-0.05, 0) is 78.7 Å².